The van der Waals surface area contributed by atoms with E-state index in [9.17, 15) is 0 Å². The highest BCUT2D eigenvalue weighted by Crippen LogP contribution is 2.32. The molecule has 1 unspecified atom stereocenters. The molecule has 2 rings (SSSR count). The number of benzene rings is 1. The average Bonchev–Trinajstić information content (AvgIpc) is 3.01. The number of para-hydroxylation sites is 1. The summed E-state index contributed by atoms with van der Waals surface area (Å²) in [5.74, 6) is 2.70. The summed E-state index contributed by atoms with van der Waals surface area (Å²) in [6, 6.07) is 10.2. The number of ether oxygens (including phenoxy) is 1. The molecule has 1 N–H and O–H groups in total. The van der Waals surface area contributed by atoms with Gasteiger partial charge in [0.25, 0.3) is 0 Å². The van der Waals surface area contributed by atoms with Crippen LogP contribution < -0.4 is 10.1 Å². The van der Waals surface area contributed by atoms with Gasteiger partial charge in [-0.25, -0.2) is 0 Å². The Morgan fingerprint density at radius 2 is 1.95 bits per heavy atom. The van der Waals surface area contributed by atoms with Crippen molar-refractivity contribution in [3.05, 3.63) is 30.3 Å². The Labute approximate surface area is 123 Å². The molecule has 0 spiro atoms. The lowest BCUT2D eigenvalue weighted by atomic mass is 9.88. The molecule has 1 atom stereocenters. The lowest BCUT2D eigenvalue weighted by Gasteiger charge is -2.24. The Bertz CT molecular complexity index is 346. The van der Waals surface area contributed by atoms with Crippen LogP contribution in [0.1, 0.15) is 45.4 Å². The van der Waals surface area contributed by atoms with E-state index < -0.39 is 0 Å². The SMILES string of the molecule is CCCNCC(CCOc1ccccc1)C1CCCC1. The fourth-order valence-electron chi connectivity index (χ4n) is 3.24. The van der Waals surface area contributed by atoms with Gasteiger partial charge < -0.3 is 10.1 Å². The van der Waals surface area contributed by atoms with Crippen LogP contribution in [0, 0.1) is 11.8 Å². The minimum Gasteiger partial charge on any atom is -0.494 e. The van der Waals surface area contributed by atoms with Crippen molar-refractivity contribution < 1.29 is 4.74 Å². The molecule has 0 aliphatic heterocycles. The van der Waals surface area contributed by atoms with Gasteiger partial charge in [0, 0.05) is 0 Å². The maximum absolute atomic E-state index is 5.87. The van der Waals surface area contributed by atoms with Crippen molar-refractivity contribution in [1.82, 2.24) is 5.32 Å². The summed E-state index contributed by atoms with van der Waals surface area (Å²) < 4.78 is 5.87. The molecule has 0 heterocycles. The fraction of sp³-hybridized carbons (Fsp3) is 0.667. The third-order valence-electron chi connectivity index (χ3n) is 4.40. The van der Waals surface area contributed by atoms with E-state index in [-0.39, 0.29) is 0 Å². The molecule has 1 saturated carbocycles. The maximum atomic E-state index is 5.87. The lowest BCUT2D eigenvalue weighted by molar-refractivity contribution is 0.230. The van der Waals surface area contributed by atoms with Crippen molar-refractivity contribution in [1.29, 1.82) is 0 Å². The van der Waals surface area contributed by atoms with E-state index in [1.54, 1.807) is 0 Å². The molecule has 20 heavy (non-hydrogen) atoms. The molecule has 2 heteroatoms. The van der Waals surface area contributed by atoms with Crippen LogP contribution in [0.3, 0.4) is 0 Å². The van der Waals surface area contributed by atoms with E-state index >= 15 is 0 Å². The summed E-state index contributed by atoms with van der Waals surface area (Å²) >= 11 is 0. The molecule has 0 aromatic heterocycles. The summed E-state index contributed by atoms with van der Waals surface area (Å²) in [7, 11) is 0. The number of hydrogen-bond donors (Lipinski definition) is 1. The van der Waals surface area contributed by atoms with Crippen LogP contribution in [0.15, 0.2) is 30.3 Å². The molecule has 0 bridgehead atoms. The van der Waals surface area contributed by atoms with Gasteiger partial charge in [-0.2, -0.15) is 0 Å². The zero-order valence-corrected chi connectivity index (χ0v) is 12.8. The van der Waals surface area contributed by atoms with Crippen LogP contribution >= 0.6 is 0 Å². The molecule has 2 nitrogen and oxygen atoms in total. The Balaban J connectivity index is 1.74. The predicted molar refractivity (Wildman–Crippen MR) is 85.2 cm³/mol. The molecule has 1 fully saturated rings. The van der Waals surface area contributed by atoms with Crippen molar-refractivity contribution in [2.24, 2.45) is 11.8 Å². The Hall–Kier alpha value is -1.02. The highest BCUT2D eigenvalue weighted by molar-refractivity contribution is 5.20. The van der Waals surface area contributed by atoms with Gasteiger partial charge in [-0.1, -0.05) is 50.8 Å². The summed E-state index contributed by atoms with van der Waals surface area (Å²) in [5, 5.41) is 3.61. The quantitative estimate of drug-likeness (QED) is 0.680. The van der Waals surface area contributed by atoms with E-state index in [0.29, 0.717) is 0 Å². The van der Waals surface area contributed by atoms with Gasteiger partial charge in [-0.05, 0) is 49.9 Å². The number of nitrogens with one attached hydrogen (secondary N) is 1. The van der Waals surface area contributed by atoms with E-state index in [2.05, 4.69) is 12.2 Å². The zero-order chi connectivity index (χ0) is 14.0. The van der Waals surface area contributed by atoms with Gasteiger partial charge in [0.15, 0.2) is 0 Å². The molecule has 112 valence electrons. The van der Waals surface area contributed by atoms with E-state index in [4.69, 9.17) is 4.74 Å². The number of hydrogen-bond acceptors (Lipinski definition) is 2. The normalized spacial score (nSPS) is 17.2. The van der Waals surface area contributed by atoms with Gasteiger partial charge in [-0.15, -0.1) is 0 Å². The Kier molecular flexibility index (Phi) is 6.93. The van der Waals surface area contributed by atoms with E-state index in [1.807, 2.05) is 30.3 Å². The van der Waals surface area contributed by atoms with Crippen LogP contribution in [0.5, 0.6) is 5.75 Å². The monoisotopic (exact) mass is 275 g/mol. The third kappa shape index (κ3) is 5.16. The molecule has 0 saturated heterocycles. The highest BCUT2D eigenvalue weighted by Gasteiger charge is 2.24. The third-order valence-corrected chi connectivity index (χ3v) is 4.40. The first-order valence-corrected chi connectivity index (χ1v) is 8.28. The van der Waals surface area contributed by atoms with Crippen LogP contribution in [0.4, 0.5) is 0 Å². The van der Waals surface area contributed by atoms with Gasteiger partial charge in [0.05, 0.1) is 6.61 Å². The largest absolute Gasteiger partial charge is 0.494 e. The summed E-state index contributed by atoms with van der Waals surface area (Å²) in [5.41, 5.74) is 0. The van der Waals surface area contributed by atoms with Gasteiger partial charge in [0.2, 0.25) is 0 Å². The van der Waals surface area contributed by atoms with Crippen LogP contribution in [0.2, 0.25) is 0 Å². The van der Waals surface area contributed by atoms with Gasteiger partial charge >= 0.3 is 0 Å². The van der Waals surface area contributed by atoms with Crippen molar-refractivity contribution >= 4 is 0 Å². The van der Waals surface area contributed by atoms with E-state index in [1.165, 1.54) is 38.5 Å². The smallest absolute Gasteiger partial charge is 0.119 e. The minimum atomic E-state index is 0.785. The predicted octanol–water partition coefficient (Wildman–Crippen LogP) is 4.26. The molecule has 1 aliphatic carbocycles. The van der Waals surface area contributed by atoms with Crippen LogP contribution in [0.25, 0.3) is 0 Å². The molecule has 0 radical (unpaired) electrons. The first-order chi connectivity index (χ1) is 9.90. The van der Waals surface area contributed by atoms with E-state index in [0.717, 1.165) is 37.3 Å². The summed E-state index contributed by atoms with van der Waals surface area (Å²) in [4.78, 5) is 0. The fourth-order valence-corrected chi connectivity index (χ4v) is 3.24. The van der Waals surface area contributed by atoms with Crippen molar-refractivity contribution in [2.45, 2.75) is 45.4 Å². The maximum Gasteiger partial charge on any atom is 0.119 e. The molecular formula is C18H29NO. The van der Waals surface area contributed by atoms with Crippen molar-refractivity contribution in [2.75, 3.05) is 19.7 Å². The molecular weight excluding hydrogens is 246 g/mol. The summed E-state index contributed by atoms with van der Waals surface area (Å²) in [6.07, 6.45) is 8.09. The molecule has 1 aromatic carbocycles. The first kappa shape index (κ1) is 15.4. The minimum absolute atomic E-state index is 0.785. The Morgan fingerprint density at radius 3 is 2.65 bits per heavy atom. The van der Waals surface area contributed by atoms with Gasteiger partial charge in [-0.3, -0.25) is 0 Å². The standard InChI is InChI=1S/C18H29NO/c1-2-13-19-15-17(16-8-6-7-9-16)12-14-20-18-10-4-3-5-11-18/h3-5,10-11,16-17,19H,2,6-9,12-15H2,1H3. The first-order valence-electron chi connectivity index (χ1n) is 8.28. The average molecular weight is 275 g/mol. The van der Waals surface area contributed by atoms with Crippen molar-refractivity contribution in [3.8, 4) is 5.75 Å². The van der Waals surface area contributed by atoms with Crippen molar-refractivity contribution in [3.63, 3.8) is 0 Å². The highest BCUT2D eigenvalue weighted by atomic mass is 16.5. The second-order valence-corrected chi connectivity index (χ2v) is 5.96. The molecule has 1 aromatic rings. The number of rotatable bonds is 9. The van der Waals surface area contributed by atoms with Crippen LogP contribution in [-0.4, -0.2) is 19.7 Å². The molecule has 1 aliphatic rings. The topological polar surface area (TPSA) is 21.3 Å². The zero-order valence-electron chi connectivity index (χ0n) is 12.8. The lowest BCUT2D eigenvalue weighted by Crippen LogP contribution is -2.29. The second-order valence-electron chi connectivity index (χ2n) is 5.96. The van der Waals surface area contributed by atoms with Gasteiger partial charge in [0.1, 0.15) is 5.75 Å². The Morgan fingerprint density at radius 1 is 1.20 bits per heavy atom. The molecule has 0 amide bonds. The second kappa shape index (κ2) is 9.02. The summed E-state index contributed by atoms with van der Waals surface area (Å²) in [6.45, 7) is 5.38. The van der Waals surface area contributed by atoms with Crippen LogP contribution in [-0.2, 0) is 0 Å².